The minimum absolute atomic E-state index is 0.0975. The van der Waals surface area contributed by atoms with Crippen LogP contribution in [0.3, 0.4) is 0 Å². The van der Waals surface area contributed by atoms with Gasteiger partial charge in [0.15, 0.2) is 0 Å². The lowest BCUT2D eigenvalue weighted by Crippen LogP contribution is -2.06. The van der Waals surface area contributed by atoms with Crippen LogP contribution in [-0.4, -0.2) is 17.5 Å². The zero-order valence-electron chi connectivity index (χ0n) is 9.31. The summed E-state index contributed by atoms with van der Waals surface area (Å²) < 4.78 is 4.94. The first-order chi connectivity index (χ1) is 8.04. The van der Waals surface area contributed by atoms with Crippen molar-refractivity contribution in [1.82, 2.24) is 0 Å². The summed E-state index contributed by atoms with van der Waals surface area (Å²) in [6, 6.07) is 3.69. The molecule has 5 nitrogen and oxygen atoms in total. The molecule has 1 rings (SSSR count). The van der Waals surface area contributed by atoms with E-state index in [4.69, 9.17) is 16.3 Å². The number of unbranched alkanes of at least 4 members (excludes halogenated alkanes) is 1. The molecule has 0 bridgehead atoms. The lowest BCUT2D eigenvalue weighted by atomic mass is 10.2. The van der Waals surface area contributed by atoms with E-state index in [-0.39, 0.29) is 16.3 Å². The molecule has 0 atom stereocenters. The summed E-state index contributed by atoms with van der Waals surface area (Å²) in [4.78, 5) is 21.5. The molecule has 0 aliphatic carbocycles. The molecule has 0 N–H and O–H groups in total. The summed E-state index contributed by atoms with van der Waals surface area (Å²) in [5.74, 6) is -0.593. The third-order valence-corrected chi connectivity index (χ3v) is 2.28. The molecule has 0 aliphatic heterocycles. The number of nitro benzene ring substituents is 1. The summed E-state index contributed by atoms with van der Waals surface area (Å²) in [5.41, 5.74) is -0.125. The zero-order chi connectivity index (χ0) is 12.8. The topological polar surface area (TPSA) is 69.4 Å². The van der Waals surface area contributed by atoms with E-state index in [9.17, 15) is 14.9 Å². The second kappa shape index (κ2) is 6.20. The Morgan fingerprint density at radius 1 is 1.47 bits per heavy atom. The molecule has 0 amide bonds. The molecular weight excluding hydrogens is 246 g/mol. The Balaban J connectivity index is 2.82. The lowest BCUT2D eigenvalue weighted by Gasteiger charge is -2.04. The van der Waals surface area contributed by atoms with Crippen molar-refractivity contribution in [2.75, 3.05) is 6.61 Å². The first kappa shape index (κ1) is 13.4. The van der Waals surface area contributed by atoms with Crippen LogP contribution in [0.1, 0.15) is 30.1 Å². The Morgan fingerprint density at radius 2 is 2.18 bits per heavy atom. The zero-order valence-corrected chi connectivity index (χ0v) is 10.1. The summed E-state index contributed by atoms with van der Waals surface area (Å²) in [6.07, 6.45) is 1.66. The van der Waals surface area contributed by atoms with E-state index in [0.29, 0.717) is 6.61 Å². The van der Waals surface area contributed by atoms with Gasteiger partial charge in [-0.25, -0.2) is 4.79 Å². The second-order valence-corrected chi connectivity index (χ2v) is 3.88. The maximum atomic E-state index is 11.5. The minimum atomic E-state index is -0.602. The maximum absolute atomic E-state index is 11.5. The highest BCUT2D eigenvalue weighted by Gasteiger charge is 2.14. The van der Waals surface area contributed by atoms with E-state index in [0.717, 1.165) is 18.9 Å². The summed E-state index contributed by atoms with van der Waals surface area (Å²) in [5, 5.41) is 10.7. The predicted molar refractivity (Wildman–Crippen MR) is 63.3 cm³/mol. The van der Waals surface area contributed by atoms with Gasteiger partial charge in [0.1, 0.15) is 0 Å². The molecule has 0 radical (unpaired) electrons. The first-order valence-electron chi connectivity index (χ1n) is 5.16. The molecule has 6 heteroatoms. The average molecular weight is 258 g/mol. The van der Waals surface area contributed by atoms with Gasteiger partial charge in [-0.2, -0.15) is 0 Å². The Bertz CT molecular complexity index is 433. The predicted octanol–water partition coefficient (Wildman–Crippen LogP) is 3.21. The van der Waals surface area contributed by atoms with Gasteiger partial charge in [-0.1, -0.05) is 24.9 Å². The van der Waals surface area contributed by atoms with Crippen molar-refractivity contribution in [3.8, 4) is 0 Å². The highest BCUT2D eigenvalue weighted by atomic mass is 35.5. The van der Waals surface area contributed by atoms with Gasteiger partial charge in [0.25, 0.3) is 5.69 Å². The molecule has 0 aliphatic rings. The number of esters is 1. The van der Waals surface area contributed by atoms with E-state index in [1.165, 1.54) is 12.1 Å². The number of benzene rings is 1. The van der Waals surface area contributed by atoms with Crippen LogP contribution in [0.2, 0.25) is 5.02 Å². The molecule has 0 heterocycles. The number of nitrogens with zero attached hydrogens (tertiary/aromatic N) is 1. The average Bonchev–Trinajstić information content (AvgIpc) is 2.28. The molecule has 0 fully saturated rings. The van der Waals surface area contributed by atoms with Crippen molar-refractivity contribution in [2.24, 2.45) is 0 Å². The van der Waals surface area contributed by atoms with Crippen LogP contribution in [0.4, 0.5) is 5.69 Å². The van der Waals surface area contributed by atoms with Gasteiger partial charge in [0, 0.05) is 17.2 Å². The van der Waals surface area contributed by atoms with Gasteiger partial charge in [0.2, 0.25) is 0 Å². The molecule has 17 heavy (non-hydrogen) atoms. The normalized spacial score (nSPS) is 10.0. The number of non-ortho nitro benzene ring substituents is 1. The summed E-state index contributed by atoms with van der Waals surface area (Å²) in [7, 11) is 0. The fourth-order valence-corrected chi connectivity index (χ4v) is 1.42. The first-order valence-corrected chi connectivity index (χ1v) is 5.54. The molecule has 0 spiro atoms. The monoisotopic (exact) mass is 257 g/mol. The van der Waals surface area contributed by atoms with Crippen LogP contribution in [-0.2, 0) is 4.74 Å². The number of ether oxygens (including phenoxy) is 1. The molecule has 0 saturated heterocycles. The van der Waals surface area contributed by atoms with E-state index < -0.39 is 10.9 Å². The number of rotatable bonds is 5. The Hall–Kier alpha value is -1.62. The molecule has 0 saturated carbocycles. The molecule has 1 aromatic carbocycles. The van der Waals surface area contributed by atoms with E-state index in [1.807, 2.05) is 6.92 Å². The summed E-state index contributed by atoms with van der Waals surface area (Å²) in [6.45, 7) is 2.27. The van der Waals surface area contributed by atoms with Gasteiger partial charge in [-0.15, -0.1) is 0 Å². The Kier molecular flexibility index (Phi) is 4.90. The van der Waals surface area contributed by atoms with Crippen LogP contribution in [0.5, 0.6) is 0 Å². The fourth-order valence-electron chi connectivity index (χ4n) is 1.19. The lowest BCUT2D eigenvalue weighted by molar-refractivity contribution is -0.384. The van der Waals surface area contributed by atoms with Crippen LogP contribution in [0.15, 0.2) is 18.2 Å². The third kappa shape index (κ3) is 4.03. The Morgan fingerprint density at radius 3 is 2.76 bits per heavy atom. The molecule has 0 unspecified atom stereocenters. The standard InChI is InChI=1S/C11H12ClNO4/c1-2-3-4-17-11(14)8-5-9(12)7-10(6-8)13(15)16/h5-7H,2-4H2,1H3. The number of carbonyl (C=O) groups is 1. The fraction of sp³-hybridized carbons (Fsp3) is 0.364. The molecule has 1 aromatic rings. The van der Waals surface area contributed by atoms with Gasteiger partial charge in [0.05, 0.1) is 17.1 Å². The molecule has 0 aromatic heterocycles. The van der Waals surface area contributed by atoms with Crippen LogP contribution in [0, 0.1) is 10.1 Å². The van der Waals surface area contributed by atoms with Gasteiger partial charge < -0.3 is 4.74 Å². The molecule has 92 valence electrons. The summed E-state index contributed by atoms with van der Waals surface area (Å²) >= 11 is 5.69. The highest BCUT2D eigenvalue weighted by molar-refractivity contribution is 6.31. The van der Waals surface area contributed by atoms with Crippen LogP contribution < -0.4 is 0 Å². The maximum Gasteiger partial charge on any atom is 0.338 e. The number of hydrogen-bond donors (Lipinski definition) is 0. The van der Waals surface area contributed by atoms with E-state index in [1.54, 1.807) is 0 Å². The quantitative estimate of drug-likeness (QED) is 0.351. The SMILES string of the molecule is CCCCOC(=O)c1cc(Cl)cc([N+](=O)[O-])c1. The van der Waals surface area contributed by atoms with Crippen LogP contribution in [0.25, 0.3) is 0 Å². The number of halogens is 1. The van der Waals surface area contributed by atoms with Gasteiger partial charge in [-0.05, 0) is 12.5 Å². The number of hydrogen-bond acceptors (Lipinski definition) is 4. The van der Waals surface area contributed by atoms with Crippen molar-refractivity contribution in [2.45, 2.75) is 19.8 Å². The van der Waals surface area contributed by atoms with Gasteiger partial charge in [-0.3, -0.25) is 10.1 Å². The molecular formula is C11H12ClNO4. The largest absolute Gasteiger partial charge is 0.462 e. The van der Waals surface area contributed by atoms with Crippen molar-refractivity contribution >= 4 is 23.3 Å². The number of nitro groups is 1. The van der Waals surface area contributed by atoms with Crippen molar-refractivity contribution in [1.29, 1.82) is 0 Å². The third-order valence-electron chi connectivity index (χ3n) is 2.06. The van der Waals surface area contributed by atoms with E-state index >= 15 is 0 Å². The number of carbonyl (C=O) groups excluding carboxylic acids is 1. The highest BCUT2D eigenvalue weighted by Crippen LogP contribution is 2.21. The van der Waals surface area contributed by atoms with Crippen molar-refractivity contribution < 1.29 is 14.5 Å². The minimum Gasteiger partial charge on any atom is -0.462 e. The van der Waals surface area contributed by atoms with Crippen LogP contribution >= 0.6 is 11.6 Å². The van der Waals surface area contributed by atoms with Crippen molar-refractivity contribution in [3.63, 3.8) is 0 Å². The van der Waals surface area contributed by atoms with Gasteiger partial charge >= 0.3 is 5.97 Å². The van der Waals surface area contributed by atoms with Crippen molar-refractivity contribution in [3.05, 3.63) is 38.9 Å². The Labute approximate surface area is 103 Å². The van der Waals surface area contributed by atoms with E-state index in [2.05, 4.69) is 0 Å². The smallest absolute Gasteiger partial charge is 0.338 e. The second-order valence-electron chi connectivity index (χ2n) is 3.44.